The molecule has 1 unspecified atom stereocenters. The van der Waals surface area contributed by atoms with Gasteiger partial charge in [-0.05, 0) is 32.1 Å². The van der Waals surface area contributed by atoms with Crippen LogP contribution in [-0.2, 0) is 14.3 Å². The van der Waals surface area contributed by atoms with Crippen molar-refractivity contribution >= 4 is 11.8 Å². The Balaban J connectivity index is 1.59. The number of amides is 2. The number of likely N-dealkylation sites (tertiary alicyclic amines) is 1. The predicted molar refractivity (Wildman–Crippen MR) is 96.2 cm³/mol. The highest BCUT2D eigenvalue weighted by molar-refractivity contribution is 5.81. The Morgan fingerprint density at radius 2 is 1.76 bits per heavy atom. The molecule has 2 heterocycles. The molecule has 1 atom stereocenters. The van der Waals surface area contributed by atoms with Gasteiger partial charge >= 0.3 is 0 Å². The Labute approximate surface area is 151 Å². The van der Waals surface area contributed by atoms with E-state index in [1.807, 2.05) is 18.9 Å². The molecule has 1 aliphatic carbocycles. The minimum atomic E-state index is 0.198. The lowest BCUT2D eigenvalue weighted by Crippen LogP contribution is -2.50. The highest BCUT2D eigenvalue weighted by atomic mass is 16.5. The van der Waals surface area contributed by atoms with Crippen LogP contribution in [0.15, 0.2) is 0 Å². The van der Waals surface area contributed by atoms with Crippen molar-refractivity contribution in [2.24, 2.45) is 5.92 Å². The van der Waals surface area contributed by atoms with Gasteiger partial charge in [0.1, 0.15) is 0 Å². The molecular weight excluding hydrogens is 318 g/mol. The van der Waals surface area contributed by atoms with E-state index in [9.17, 15) is 9.59 Å². The molecule has 3 aliphatic rings. The maximum atomic E-state index is 12.4. The second-order valence-electron chi connectivity index (χ2n) is 7.75. The van der Waals surface area contributed by atoms with Crippen molar-refractivity contribution in [1.82, 2.24) is 14.7 Å². The van der Waals surface area contributed by atoms with Crippen LogP contribution in [0.1, 0.15) is 45.4 Å². The first-order valence-corrected chi connectivity index (χ1v) is 9.96. The lowest BCUT2D eigenvalue weighted by molar-refractivity contribution is -0.131. The van der Waals surface area contributed by atoms with E-state index in [4.69, 9.17) is 4.74 Å². The molecule has 1 saturated carbocycles. The van der Waals surface area contributed by atoms with Crippen LogP contribution in [0.2, 0.25) is 0 Å². The number of hydrogen-bond acceptors (Lipinski definition) is 4. The van der Waals surface area contributed by atoms with Gasteiger partial charge in [0.25, 0.3) is 0 Å². The Hall–Kier alpha value is -1.14. The first-order chi connectivity index (χ1) is 12.1. The molecule has 0 spiro atoms. The van der Waals surface area contributed by atoms with Gasteiger partial charge in [-0.2, -0.15) is 0 Å². The summed E-state index contributed by atoms with van der Waals surface area (Å²) in [6, 6.07) is 0.941. The van der Waals surface area contributed by atoms with Gasteiger partial charge in [0, 0.05) is 70.9 Å². The minimum Gasteiger partial charge on any atom is -0.381 e. The summed E-state index contributed by atoms with van der Waals surface area (Å²) in [5, 5.41) is 0. The fraction of sp³-hybridized carbons (Fsp3) is 0.895. The zero-order valence-corrected chi connectivity index (χ0v) is 15.8. The highest BCUT2D eigenvalue weighted by Gasteiger charge is 2.39. The molecule has 142 valence electrons. The summed E-state index contributed by atoms with van der Waals surface area (Å²) in [7, 11) is 1.89. The topological polar surface area (TPSA) is 53.1 Å². The SMILES string of the molecule is CCC(=O)N(C)CCN(C1CCOCC1)C1CCN(C(=O)C2CC2)C1. The Bertz CT molecular complexity index is 475. The summed E-state index contributed by atoms with van der Waals surface area (Å²) < 4.78 is 5.54. The third-order valence-electron chi connectivity index (χ3n) is 5.95. The molecule has 0 radical (unpaired) electrons. The summed E-state index contributed by atoms with van der Waals surface area (Å²) in [5.41, 5.74) is 0. The first kappa shape index (κ1) is 18.6. The van der Waals surface area contributed by atoms with Crippen LogP contribution in [0, 0.1) is 5.92 Å². The van der Waals surface area contributed by atoms with Crippen LogP contribution in [0.3, 0.4) is 0 Å². The van der Waals surface area contributed by atoms with E-state index in [-0.39, 0.29) is 5.91 Å². The summed E-state index contributed by atoms with van der Waals surface area (Å²) in [5.74, 6) is 0.875. The van der Waals surface area contributed by atoms with Crippen LogP contribution in [0.5, 0.6) is 0 Å². The lowest BCUT2D eigenvalue weighted by atomic mass is 10.0. The quantitative estimate of drug-likeness (QED) is 0.695. The van der Waals surface area contributed by atoms with Crippen molar-refractivity contribution in [2.45, 2.75) is 57.5 Å². The molecule has 0 aromatic heterocycles. The van der Waals surface area contributed by atoms with Gasteiger partial charge < -0.3 is 14.5 Å². The molecular formula is C19H33N3O3. The van der Waals surface area contributed by atoms with Crippen molar-refractivity contribution in [1.29, 1.82) is 0 Å². The molecule has 0 aromatic rings. The van der Waals surface area contributed by atoms with Crippen LogP contribution in [0.25, 0.3) is 0 Å². The van der Waals surface area contributed by atoms with E-state index >= 15 is 0 Å². The van der Waals surface area contributed by atoms with Gasteiger partial charge in [0.2, 0.25) is 11.8 Å². The van der Waals surface area contributed by atoms with Crippen LogP contribution >= 0.6 is 0 Å². The van der Waals surface area contributed by atoms with E-state index in [0.29, 0.717) is 30.3 Å². The number of likely N-dealkylation sites (N-methyl/N-ethyl adjacent to an activating group) is 1. The van der Waals surface area contributed by atoms with Gasteiger partial charge in [-0.3, -0.25) is 14.5 Å². The molecule has 3 rings (SSSR count). The van der Waals surface area contributed by atoms with E-state index in [1.54, 1.807) is 0 Å². The molecule has 2 amide bonds. The van der Waals surface area contributed by atoms with Crippen molar-refractivity contribution in [3.05, 3.63) is 0 Å². The average molecular weight is 351 g/mol. The molecule has 2 saturated heterocycles. The molecule has 3 fully saturated rings. The molecule has 2 aliphatic heterocycles. The summed E-state index contributed by atoms with van der Waals surface area (Å²) >= 11 is 0. The molecule has 0 N–H and O–H groups in total. The largest absolute Gasteiger partial charge is 0.381 e. The Morgan fingerprint density at radius 1 is 1.04 bits per heavy atom. The smallest absolute Gasteiger partial charge is 0.225 e. The normalized spacial score (nSPS) is 24.8. The predicted octanol–water partition coefficient (Wildman–Crippen LogP) is 1.35. The zero-order valence-electron chi connectivity index (χ0n) is 15.8. The van der Waals surface area contributed by atoms with Crippen LogP contribution < -0.4 is 0 Å². The number of nitrogens with zero attached hydrogens (tertiary/aromatic N) is 3. The summed E-state index contributed by atoms with van der Waals surface area (Å²) in [4.78, 5) is 30.8. The van der Waals surface area contributed by atoms with E-state index < -0.39 is 0 Å². The van der Waals surface area contributed by atoms with Gasteiger partial charge in [0.15, 0.2) is 0 Å². The van der Waals surface area contributed by atoms with Gasteiger partial charge in [-0.25, -0.2) is 0 Å². The summed E-state index contributed by atoms with van der Waals surface area (Å²) in [6.07, 6.45) is 5.88. The van der Waals surface area contributed by atoms with Crippen molar-refractivity contribution in [3.8, 4) is 0 Å². The van der Waals surface area contributed by atoms with Gasteiger partial charge in [0.05, 0.1) is 0 Å². The molecule has 25 heavy (non-hydrogen) atoms. The second-order valence-corrected chi connectivity index (χ2v) is 7.75. The lowest BCUT2D eigenvalue weighted by Gasteiger charge is -2.39. The monoisotopic (exact) mass is 351 g/mol. The average Bonchev–Trinajstić information content (AvgIpc) is 3.39. The van der Waals surface area contributed by atoms with E-state index in [0.717, 1.165) is 71.5 Å². The van der Waals surface area contributed by atoms with Crippen LogP contribution in [0.4, 0.5) is 0 Å². The number of ether oxygens (including phenoxy) is 1. The van der Waals surface area contributed by atoms with Gasteiger partial charge in [-0.15, -0.1) is 0 Å². The highest BCUT2D eigenvalue weighted by Crippen LogP contribution is 2.33. The van der Waals surface area contributed by atoms with Crippen molar-refractivity contribution in [2.75, 3.05) is 46.4 Å². The van der Waals surface area contributed by atoms with Gasteiger partial charge in [-0.1, -0.05) is 6.92 Å². The van der Waals surface area contributed by atoms with E-state index in [2.05, 4.69) is 9.80 Å². The molecule has 6 nitrogen and oxygen atoms in total. The molecule has 0 bridgehead atoms. The fourth-order valence-corrected chi connectivity index (χ4v) is 4.14. The first-order valence-electron chi connectivity index (χ1n) is 9.96. The number of carbonyl (C=O) groups is 2. The van der Waals surface area contributed by atoms with Crippen molar-refractivity contribution < 1.29 is 14.3 Å². The maximum absolute atomic E-state index is 12.4. The van der Waals surface area contributed by atoms with Crippen molar-refractivity contribution in [3.63, 3.8) is 0 Å². The molecule has 6 heteroatoms. The van der Waals surface area contributed by atoms with Crippen LogP contribution in [-0.4, -0.2) is 85.0 Å². The maximum Gasteiger partial charge on any atom is 0.225 e. The fourth-order valence-electron chi connectivity index (χ4n) is 4.14. The standard InChI is InChI=1S/C19H33N3O3/c1-3-18(23)20(2)10-11-22(16-7-12-25-13-8-16)17-6-9-21(14-17)19(24)15-4-5-15/h15-17H,3-14H2,1-2H3. The summed E-state index contributed by atoms with van der Waals surface area (Å²) in [6.45, 7) is 6.96. The minimum absolute atomic E-state index is 0.198. The number of hydrogen-bond donors (Lipinski definition) is 0. The third kappa shape index (κ3) is 4.73. The zero-order chi connectivity index (χ0) is 17.8. The number of carbonyl (C=O) groups excluding carboxylic acids is 2. The third-order valence-corrected chi connectivity index (χ3v) is 5.95. The number of rotatable bonds is 7. The molecule has 0 aromatic carbocycles. The Morgan fingerprint density at radius 3 is 2.40 bits per heavy atom. The van der Waals surface area contributed by atoms with E-state index in [1.165, 1.54) is 0 Å². The second kappa shape index (κ2) is 8.49. The Kier molecular flexibility index (Phi) is 6.34.